The second kappa shape index (κ2) is 6.70. The molecule has 3 N–H and O–H groups in total. The Hall–Kier alpha value is -0.910. The van der Waals surface area contributed by atoms with Crippen molar-refractivity contribution < 1.29 is 8.42 Å². The molecule has 1 saturated carbocycles. The fourth-order valence-electron chi connectivity index (χ4n) is 2.70. The topological polar surface area (TPSA) is 72.2 Å². The van der Waals surface area contributed by atoms with Crippen LogP contribution in [0, 0.1) is 0 Å². The molecule has 1 aromatic carbocycles. The molecule has 1 fully saturated rings. The van der Waals surface area contributed by atoms with Gasteiger partial charge in [-0.3, -0.25) is 0 Å². The molecule has 0 bridgehead atoms. The summed E-state index contributed by atoms with van der Waals surface area (Å²) in [6.07, 6.45) is 5.88. The highest BCUT2D eigenvalue weighted by molar-refractivity contribution is 7.89. The van der Waals surface area contributed by atoms with Crippen molar-refractivity contribution in [3.8, 4) is 0 Å². The van der Waals surface area contributed by atoms with Gasteiger partial charge in [-0.1, -0.05) is 38.3 Å². The van der Waals surface area contributed by atoms with E-state index in [4.69, 9.17) is 5.73 Å². The third kappa shape index (κ3) is 3.81. The lowest BCUT2D eigenvalue weighted by molar-refractivity contribution is 0.361. The van der Waals surface area contributed by atoms with Crippen molar-refractivity contribution >= 4 is 10.0 Å². The van der Waals surface area contributed by atoms with Crippen LogP contribution in [0.4, 0.5) is 0 Å². The number of hydrogen-bond donors (Lipinski definition) is 2. The van der Waals surface area contributed by atoms with Gasteiger partial charge in [-0.05, 0) is 37.0 Å². The predicted molar refractivity (Wildman–Crippen MR) is 81.0 cm³/mol. The maximum absolute atomic E-state index is 12.3. The molecule has 1 aliphatic rings. The van der Waals surface area contributed by atoms with Crippen LogP contribution in [-0.4, -0.2) is 20.5 Å². The monoisotopic (exact) mass is 296 g/mol. The summed E-state index contributed by atoms with van der Waals surface area (Å²) in [5.74, 6) is 0. The molecular weight excluding hydrogens is 272 g/mol. The lowest BCUT2D eigenvalue weighted by atomic mass is 9.92. The number of sulfonamides is 1. The van der Waals surface area contributed by atoms with E-state index in [9.17, 15) is 8.42 Å². The molecule has 0 heterocycles. The summed E-state index contributed by atoms with van der Waals surface area (Å²) in [7, 11) is -3.45. The molecule has 0 aromatic heterocycles. The van der Waals surface area contributed by atoms with E-state index in [1.165, 1.54) is 5.56 Å². The van der Waals surface area contributed by atoms with Gasteiger partial charge < -0.3 is 5.73 Å². The van der Waals surface area contributed by atoms with Crippen molar-refractivity contribution in [2.75, 3.05) is 0 Å². The van der Waals surface area contributed by atoms with Gasteiger partial charge in [0.1, 0.15) is 0 Å². The molecule has 0 aliphatic heterocycles. The molecule has 2 atom stereocenters. The number of nitrogens with two attached hydrogens (primary N) is 1. The molecule has 2 rings (SSSR count). The first-order chi connectivity index (χ1) is 9.53. The van der Waals surface area contributed by atoms with Gasteiger partial charge in [0, 0.05) is 12.1 Å². The molecule has 4 nitrogen and oxygen atoms in total. The SMILES string of the molecule is CCCc1ccc(S(=O)(=O)NC2CCCCC2N)cc1. The van der Waals surface area contributed by atoms with E-state index in [-0.39, 0.29) is 12.1 Å². The molecular formula is C15H24N2O2S. The molecule has 1 aliphatic carbocycles. The Bertz CT molecular complexity index is 525. The van der Waals surface area contributed by atoms with Gasteiger partial charge >= 0.3 is 0 Å². The van der Waals surface area contributed by atoms with Gasteiger partial charge in [0.25, 0.3) is 0 Å². The number of rotatable bonds is 5. The van der Waals surface area contributed by atoms with E-state index in [0.29, 0.717) is 4.90 Å². The summed E-state index contributed by atoms with van der Waals surface area (Å²) in [6, 6.07) is 6.93. The minimum absolute atomic E-state index is 0.0714. The summed E-state index contributed by atoms with van der Waals surface area (Å²) >= 11 is 0. The smallest absolute Gasteiger partial charge is 0.240 e. The molecule has 1 aromatic rings. The highest BCUT2D eigenvalue weighted by Crippen LogP contribution is 2.20. The van der Waals surface area contributed by atoms with Crippen LogP contribution < -0.4 is 10.5 Å². The Morgan fingerprint density at radius 2 is 1.85 bits per heavy atom. The lowest BCUT2D eigenvalue weighted by Gasteiger charge is -2.29. The molecule has 0 amide bonds. The average molecular weight is 296 g/mol. The van der Waals surface area contributed by atoms with Crippen LogP contribution in [0.2, 0.25) is 0 Å². The molecule has 5 heteroatoms. The van der Waals surface area contributed by atoms with Crippen LogP contribution in [0.5, 0.6) is 0 Å². The van der Waals surface area contributed by atoms with Crippen LogP contribution in [0.1, 0.15) is 44.6 Å². The van der Waals surface area contributed by atoms with E-state index >= 15 is 0 Å². The largest absolute Gasteiger partial charge is 0.326 e. The lowest BCUT2D eigenvalue weighted by Crippen LogP contribution is -2.49. The predicted octanol–water partition coefficient (Wildman–Crippen LogP) is 2.19. The zero-order valence-corrected chi connectivity index (χ0v) is 12.8. The van der Waals surface area contributed by atoms with Crippen molar-refractivity contribution in [2.24, 2.45) is 5.73 Å². The van der Waals surface area contributed by atoms with Gasteiger partial charge in [0.05, 0.1) is 4.90 Å². The van der Waals surface area contributed by atoms with Crippen LogP contribution in [0.3, 0.4) is 0 Å². The number of benzene rings is 1. The maximum atomic E-state index is 12.3. The van der Waals surface area contributed by atoms with Crippen LogP contribution >= 0.6 is 0 Å². The van der Waals surface area contributed by atoms with Crippen molar-refractivity contribution in [1.29, 1.82) is 0 Å². The van der Waals surface area contributed by atoms with Crippen LogP contribution in [0.15, 0.2) is 29.2 Å². The van der Waals surface area contributed by atoms with Crippen molar-refractivity contribution in [3.63, 3.8) is 0 Å². The summed E-state index contributed by atoms with van der Waals surface area (Å²) < 4.78 is 27.5. The Kier molecular flexibility index (Phi) is 5.18. The molecule has 0 spiro atoms. The Morgan fingerprint density at radius 1 is 1.20 bits per heavy atom. The maximum Gasteiger partial charge on any atom is 0.240 e. The van der Waals surface area contributed by atoms with Gasteiger partial charge in [0.2, 0.25) is 10.0 Å². The van der Waals surface area contributed by atoms with Crippen molar-refractivity contribution in [1.82, 2.24) is 4.72 Å². The normalized spacial score (nSPS) is 23.7. The summed E-state index contributed by atoms with van der Waals surface area (Å²) in [5.41, 5.74) is 7.17. The van der Waals surface area contributed by atoms with Gasteiger partial charge in [-0.15, -0.1) is 0 Å². The highest BCUT2D eigenvalue weighted by Gasteiger charge is 2.26. The second-order valence-electron chi connectivity index (χ2n) is 5.57. The first-order valence-electron chi connectivity index (χ1n) is 7.40. The second-order valence-corrected chi connectivity index (χ2v) is 7.28. The fourth-order valence-corrected chi connectivity index (χ4v) is 4.02. The van der Waals surface area contributed by atoms with Gasteiger partial charge in [-0.2, -0.15) is 0 Å². The first kappa shape index (κ1) is 15.5. The fraction of sp³-hybridized carbons (Fsp3) is 0.600. The van der Waals surface area contributed by atoms with E-state index < -0.39 is 10.0 Å². The third-order valence-corrected chi connectivity index (χ3v) is 5.40. The summed E-state index contributed by atoms with van der Waals surface area (Å²) in [6.45, 7) is 2.11. The van der Waals surface area contributed by atoms with E-state index in [1.807, 2.05) is 12.1 Å². The van der Waals surface area contributed by atoms with Crippen molar-refractivity contribution in [2.45, 2.75) is 62.4 Å². The third-order valence-electron chi connectivity index (χ3n) is 3.90. The van der Waals surface area contributed by atoms with E-state index in [2.05, 4.69) is 11.6 Å². The number of hydrogen-bond acceptors (Lipinski definition) is 3. The highest BCUT2D eigenvalue weighted by atomic mass is 32.2. The van der Waals surface area contributed by atoms with Crippen molar-refractivity contribution in [3.05, 3.63) is 29.8 Å². The minimum Gasteiger partial charge on any atom is -0.326 e. The zero-order valence-electron chi connectivity index (χ0n) is 12.0. The molecule has 2 unspecified atom stereocenters. The molecule has 0 radical (unpaired) electrons. The van der Waals surface area contributed by atoms with Gasteiger partial charge in [0.15, 0.2) is 0 Å². The Labute approximate surface area is 121 Å². The zero-order chi connectivity index (χ0) is 14.6. The number of aryl methyl sites for hydroxylation is 1. The van der Waals surface area contributed by atoms with Crippen LogP contribution in [0.25, 0.3) is 0 Å². The first-order valence-corrected chi connectivity index (χ1v) is 8.88. The van der Waals surface area contributed by atoms with E-state index in [1.54, 1.807) is 12.1 Å². The number of nitrogens with one attached hydrogen (secondary N) is 1. The molecule has 20 heavy (non-hydrogen) atoms. The minimum atomic E-state index is -3.45. The Balaban J connectivity index is 2.09. The summed E-state index contributed by atoms with van der Waals surface area (Å²) in [5, 5.41) is 0. The molecule has 0 saturated heterocycles. The van der Waals surface area contributed by atoms with Crippen LogP contribution in [-0.2, 0) is 16.4 Å². The average Bonchev–Trinajstić information content (AvgIpc) is 2.42. The van der Waals surface area contributed by atoms with E-state index in [0.717, 1.165) is 38.5 Å². The van der Waals surface area contributed by atoms with Gasteiger partial charge in [-0.25, -0.2) is 13.1 Å². The molecule has 112 valence electrons. The standard InChI is InChI=1S/C15H24N2O2S/c1-2-5-12-8-10-13(11-9-12)20(18,19)17-15-7-4-3-6-14(15)16/h8-11,14-15,17H,2-7,16H2,1H3. The summed E-state index contributed by atoms with van der Waals surface area (Å²) in [4.78, 5) is 0.329. The quantitative estimate of drug-likeness (QED) is 0.875. The Morgan fingerprint density at radius 3 is 2.45 bits per heavy atom.